The minimum Gasteiger partial charge on any atom is -0.342 e. The standard InChI is InChI=1S/C18H23BrN2O2/c1-11-5-7-21(8-6-11)18(23)15-10-14(15)17(22)20-16-4-3-13(19)9-12(16)2/h3-4,9,11,14-15H,5-8,10H2,1-2H3,(H,20,22). The molecule has 1 aromatic rings. The van der Waals surface area contributed by atoms with Gasteiger partial charge in [0.2, 0.25) is 11.8 Å². The highest BCUT2D eigenvalue weighted by atomic mass is 79.9. The first-order chi connectivity index (χ1) is 11.0. The van der Waals surface area contributed by atoms with E-state index in [1.54, 1.807) is 0 Å². The van der Waals surface area contributed by atoms with E-state index in [1.807, 2.05) is 30.0 Å². The SMILES string of the molecule is Cc1cc(Br)ccc1NC(=O)C1CC1C(=O)N1CCC(C)CC1. The zero-order valence-corrected chi connectivity index (χ0v) is 15.2. The molecule has 2 aliphatic rings. The van der Waals surface area contributed by atoms with E-state index in [1.165, 1.54) is 0 Å². The second-order valence-corrected chi connectivity index (χ2v) is 7.82. The number of nitrogens with one attached hydrogen (secondary N) is 1. The normalized spacial score (nSPS) is 24.4. The van der Waals surface area contributed by atoms with Gasteiger partial charge in [-0.3, -0.25) is 9.59 Å². The highest BCUT2D eigenvalue weighted by Crippen LogP contribution is 2.41. The number of hydrogen-bond acceptors (Lipinski definition) is 2. The molecule has 1 aliphatic carbocycles. The van der Waals surface area contributed by atoms with Crippen LogP contribution in [0.4, 0.5) is 5.69 Å². The predicted octanol–water partition coefficient (Wildman–Crippen LogP) is 3.59. The number of nitrogens with zero attached hydrogens (tertiary/aromatic N) is 1. The number of rotatable bonds is 3. The maximum Gasteiger partial charge on any atom is 0.228 e. The summed E-state index contributed by atoms with van der Waals surface area (Å²) in [5.41, 5.74) is 1.84. The summed E-state index contributed by atoms with van der Waals surface area (Å²) in [7, 11) is 0. The summed E-state index contributed by atoms with van der Waals surface area (Å²) in [5, 5.41) is 2.96. The van der Waals surface area contributed by atoms with Gasteiger partial charge in [-0.25, -0.2) is 0 Å². The van der Waals surface area contributed by atoms with E-state index in [2.05, 4.69) is 28.2 Å². The number of carbonyl (C=O) groups is 2. The van der Waals surface area contributed by atoms with Crippen molar-refractivity contribution in [3.05, 3.63) is 28.2 Å². The lowest BCUT2D eigenvalue weighted by molar-refractivity contribution is -0.135. The number of halogens is 1. The Kier molecular flexibility index (Phi) is 4.76. The monoisotopic (exact) mass is 378 g/mol. The lowest BCUT2D eigenvalue weighted by atomic mass is 9.99. The summed E-state index contributed by atoms with van der Waals surface area (Å²) in [4.78, 5) is 26.8. The van der Waals surface area contributed by atoms with Gasteiger partial charge in [0.05, 0.1) is 11.8 Å². The lowest BCUT2D eigenvalue weighted by Gasteiger charge is -2.30. The smallest absolute Gasteiger partial charge is 0.228 e. The molecule has 3 rings (SSSR count). The molecule has 1 saturated heterocycles. The number of anilines is 1. The molecule has 2 fully saturated rings. The van der Waals surface area contributed by atoms with Gasteiger partial charge in [-0.15, -0.1) is 0 Å². The Labute approximate surface area is 145 Å². The number of piperidine rings is 1. The van der Waals surface area contributed by atoms with Crippen molar-refractivity contribution in [3.63, 3.8) is 0 Å². The molecule has 1 heterocycles. The molecule has 0 bridgehead atoms. The topological polar surface area (TPSA) is 49.4 Å². The minimum absolute atomic E-state index is 0.0286. The van der Waals surface area contributed by atoms with Crippen molar-refractivity contribution in [2.24, 2.45) is 17.8 Å². The van der Waals surface area contributed by atoms with Crippen LogP contribution in [0.2, 0.25) is 0 Å². The average molecular weight is 379 g/mol. The first kappa shape index (κ1) is 16.5. The quantitative estimate of drug-likeness (QED) is 0.873. The van der Waals surface area contributed by atoms with Crippen molar-refractivity contribution in [2.75, 3.05) is 18.4 Å². The van der Waals surface area contributed by atoms with Gasteiger partial charge in [-0.05, 0) is 55.9 Å². The van der Waals surface area contributed by atoms with Crippen LogP contribution in [0.25, 0.3) is 0 Å². The van der Waals surface area contributed by atoms with E-state index in [4.69, 9.17) is 0 Å². The molecule has 2 amide bonds. The Morgan fingerprint density at radius 3 is 2.57 bits per heavy atom. The highest BCUT2D eigenvalue weighted by molar-refractivity contribution is 9.10. The highest BCUT2D eigenvalue weighted by Gasteiger charge is 2.49. The van der Waals surface area contributed by atoms with Gasteiger partial charge in [-0.1, -0.05) is 22.9 Å². The molecule has 0 spiro atoms. The van der Waals surface area contributed by atoms with Crippen LogP contribution in [-0.4, -0.2) is 29.8 Å². The third-order valence-electron chi connectivity index (χ3n) is 4.99. The number of benzene rings is 1. The van der Waals surface area contributed by atoms with E-state index in [0.717, 1.165) is 41.7 Å². The van der Waals surface area contributed by atoms with Crippen LogP contribution in [-0.2, 0) is 9.59 Å². The molecule has 1 aliphatic heterocycles. The fraction of sp³-hybridized carbons (Fsp3) is 0.556. The van der Waals surface area contributed by atoms with Crippen molar-refractivity contribution in [1.82, 2.24) is 4.90 Å². The van der Waals surface area contributed by atoms with Crippen molar-refractivity contribution >= 4 is 33.4 Å². The molecule has 124 valence electrons. The molecule has 1 aromatic carbocycles. The summed E-state index contributed by atoms with van der Waals surface area (Å²) >= 11 is 3.42. The summed E-state index contributed by atoms with van der Waals surface area (Å²) in [6.45, 7) is 5.88. The molecular weight excluding hydrogens is 356 g/mol. The molecule has 1 saturated carbocycles. The van der Waals surface area contributed by atoms with E-state index < -0.39 is 0 Å². The number of aryl methyl sites for hydroxylation is 1. The molecule has 2 atom stereocenters. The van der Waals surface area contributed by atoms with E-state index in [0.29, 0.717) is 12.3 Å². The van der Waals surface area contributed by atoms with Gasteiger partial charge in [0.15, 0.2) is 0 Å². The van der Waals surface area contributed by atoms with Crippen LogP contribution in [0.5, 0.6) is 0 Å². The third kappa shape index (κ3) is 3.77. The molecule has 0 radical (unpaired) electrons. The van der Waals surface area contributed by atoms with Crippen molar-refractivity contribution in [2.45, 2.75) is 33.1 Å². The Balaban J connectivity index is 1.55. The maximum atomic E-state index is 12.5. The first-order valence-corrected chi connectivity index (χ1v) is 9.11. The van der Waals surface area contributed by atoms with Crippen LogP contribution in [0.1, 0.15) is 31.7 Å². The van der Waals surface area contributed by atoms with Gasteiger partial charge >= 0.3 is 0 Å². The molecular formula is C18H23BrN2O2. The Morgan fingerprint density at radius 2 is 1.91 bits per heavy atom. The summed E-state index contributed by atoms with van der Waals surface area (Å²) < 4.78 is 0.992. The average Bonchev–Trinajstić information content (AvgIpc) is 3.31. The molecule has 23 heavy (non-hydrogen) atoms. The van der Waals surface area contributed by atoms with Gasteiger partial charge in [-0.2, -0.15) is 0 Å². The molecule has 2 unspecified atom stereocenters. The molecule has 1 N–H and O–H groups in total. The van der Waals surface area contributed by atoms with Crippen molar-refractivity contribution in [1.29, 1.82) is 0 Å². The minimum atomic E-state index is -0.162. The number of carbonyl (C=O) groups excluding carboxylic acids is 2. The fourth-order valence-electron chi connectivity index (χ4n) is 3.21. The van der Waals surface area contributed by atoms with E-state index in [9.17, 15) is 9.59 Å². The Bertz CT molecular complexity index is 623. The molecule has 0 aromatic heterocycles. The Hall–Kier alpha value is -1.36. The second-order valence-electron chi connectivity index (χ2n) is 6.90. The zero-order valence-electron chi connectivity index (χ0n) is 13.6. The summed E-state index contributed by atoms with van der Waals surface area (Å²) in [6, 6.07) is 5.77. The van der Waals surface area contributed by atoms with Gasteiger partial charge in [0.1, 0.15) is 0 Å². The van der Waals surface area contributed by atoms with Crippen molar-refractivity contribution in [3.8, 4) is 0 Å². The zero-order chi connectivity index (χ0) is 16.6. The second kappa shape index (κ2) is 6.63. The largest absolute Gasteiger partial charge is 0.342 e. The van der Waals surface area contributed by atoms with Crippen LogP contribution < -0.4 is 5.32 Å². The molecule has 5 heteroatoms. The third-order valence-corrected chi connectivity index (χ3v) is 5.48. The predicted molar refractivity (Wildman–Crippen MR) is 94.1 cm³/mol. The van der Waals surface area contributed by atoms with Crippen LogP contribution >= 0.6 is 15.9 Å². The molecule has 4 nitrogen and oxygen atoms in total. The summed E-state index contributed by atoms with van der Waals surface area (Å²) in [6.07, 6.45) is 2.84. The fourth-order valence-corrected chi connectivity index (χ4v) is 3.69. The van der Waals surface area contributed by atoms with Crippen LogP contribution in [0.15, 0.2) is 22.7 Å². The lowest BCUT2D eigenvalue weighted by Crippen LogP contribution is -2.39. The van der Waals surface area contributed by atoms with Gasteiger partial charge in [0, 0.05) is 23.2 Å². The number of likely N-dealkylation sites (tertiary alicyclic amines) is 1. The van der Waals surface area contributed by atoms with Gasteiger partial charge < -0.3 is 10.2 Å². The number of hydrogen-bond donors (Lipinski definition) is 1. The van der Waals surface area contributed by atoms with E-state index in [-0.39, 0.29) is 23.7 Å². The number of amides is 2. The van der Waals surface area contributed by atoms with E-state index >= 15 is 0 Å². The maximum absolute atomic E-state index is 12.5. The van der Waals surface area contributed by atoms with Crippen LogP contribution in [0, 0.1) is 24.7 Å². The Morgan fingerprint density at radius 1 is 1.22 bits per heavy atom. The van der Waals surface area contributed by atoms with Gasteiger partial charge in [0.25, 0.3) is 0 Å². The summed E-state index contributed by atoms with van der Waals surface area (Å²) in [5.74, 6) is 0.575. The first-order valence-electron chi connectivity index (χ1n) is 8.31. The van der Waals surface area contributed by atoms with Crippen molar-refractivity contribution < 1.29 is 9.59 Å². The van der Waals surface area contributed by atoms with Crippen LogP contribution in [0.3, 0.4) is 0 Å².